The van der Waals surface area contributed by atoms with Gasteiger partial charge in [-0.25, -0.2) is 4.98 Å². The van der Waals surface area contributed by atoms with Crippen molar-refractivity contribution in [3.8, 4) is 0 Å². The van der Waals surface area contributed by atoms with Crippen LogP contribution in [0, 0.1) is 0 Å². The van der Waals surface area contributed by atoms with Gasteiger partial charge in [0.1, 0.15) is 5.82 Å². The number of likely N-dealkylation sites (tertiary alicyclic amines) is 1. The topological polar surface area (TPSA) is 106 Å². The molecule has 0 radical (unpaired) electrons. The maximum Gasteiger partial charge on any atom is 0.237 e. The van der Waals surface area contributed by atoms with Gasteiger partial charge in [-0.3, -0.25) is 9.69 Å². The van der Waals surface area contributed by atoms with Crippen LogP contribution in [0.3, 0.4) is 0 Å². The minimum Gasteiger partial charge on any atom is -0.392 e. The van der Waals surface area contributed by atoms with Crippen LogP contribution >= 0.6 is 0 Å². The van der Waals surface area contributed by atoms with Crippen molar-refractivity contribution in [1.29, 1.82) is 0 Å². The fourth-order valence-corrected chi connectivity index (χ4v) is 6.93. The highest BCUT2D eigenvalue weighted by molar-refractivity contribution is 5.82. The molecule has 4 aliphatic rings. The van der Waals surface area contributed by atoms with Crippen molar-refractivity contribution >= 4 is 17.7 Å². The summed E-state index contributed by atoms with van der Waals surface area (Å²) in [5, 5.41) is 19.8. The van der Waals surface area contributed by atoms with Gasteiger partial charge in [0, 0.05) is 50.5 Å². The van der Waals surface area contributed by atoms with Gasteiger partial charge in [-0.1, -0.05) is 32.1 Å². The van der Waals surface area contributed by atoms with E-state index in [1.807, 2.05) is 12.3 Å². The Morgan fingerprint density at radius 2 is 1.81 bits per heavy atom. The number of hydrogen-bond acceptors (Lipinski definition) is 8. The molecule has 4 heterocycles. The summed E-state index contributed by atoms with van der Waals surface area (Å²) in [6.07, 6.45) is 16.8. The standard InChI is InChI=1S/C28H47N7O2/c36-22-19-24(31-20-22)27(37)29-14-12-25-23(11-8-18-35(25)21-9-4-3-5-10-21)32-28-30-15-13-26(33-28)34-16-6-1-2-7-17-34/h13,15,21-25,31,36H,1-12,14,16-20H2,(H,29,37)(H,30,32,33)/t22-,23?,24-,25?/m1/s1. The molecular weight excluding hydrogens is 466 g/mol. The maximum atomic E-state index is 12.7. The Kier molecular flexibility index (Phi) is 9.50. The number of hydrogen-bond donors (Lipinski definition) is 4. The summed E-state index contributed by atoms with van der Waals surface area (Å²) in [7, 11) is 0. The summed E-state index contributed by atoms with van der Waals surface area (Å²) in [4.78, 5) is 27.4. The number of nitrogens with one attached hydrogen (secondary N) is 3. The molecule has 0 spiro atoms. The lowest BCUT2D eigenvalue weighted by Gasteiger charge is -2.47. The van der Waals surface area contributed by atoms with Gasteiger partial charge in [0.2, 0.25) is 11.9 Å². The maximum absolute atomic E-state index is 12.7. The van der Waals surface area contributed by atoms with Gasteiger partial charge in [0.05, 0.1) is 12.1 Å². The summed E-state index contributed by atoms with van der Waals surface area (Å²) in [5.74, 6) is 1.78. The highest BCUT2D eigenvalue weighted by Crippen LogP contribution is 2.31. The first kappa shape index (κ1) is 26.6. The molecule has 4 fully saturated rings. The first-order valence-corrected chi connectivity index (χ1v) is 15.0. The second-order valence-electron chi connectivity index (χ2n) is 11.6. The van der Waals surface area contributed by atoms with Crippen LogP contribution in [0.25, 0.3) is 0 Å². The Hall–Kier alpha value is -1.97. The molecule has 1 amide bonds. The second-order valence-corrected chi connectivity index (χ2v) is 11.6. The summed E-state index contributed by atoms with van der Waals surface area (Å²) >= 11 is 0. The van der Waals surface area contributed by atoms with Gasteiger partial charge < -0.3 is 26.0 Å². The van der Waals surface area contributed by atoms with Crippen LogP contribution in [0.5, 0.6) is 0 Å². The molecule has 9 nitrogen and oxygen atoms in total. The van der Waals surface area contributed by atoms with E-state index in [2.05, 4.69) is 30.7 Å². The average molecular weight is 514 g/mol. The van der Waals surface area contributed by atoms with Gasteiger partial charge in [-0.15, -0.1) is 0 Å². The monoisotopic (exact) mass is 513 g/mol. The van der Waals surface area contributed by atoms with E-state index in [1.54, 1.807) is 0 Å². The first-order valence-electron chi connectivity index (χ1n) is 15.0. The Labute approximate surface area is 222 Å². The third kappa shape index (κ3) is 7.12. The molecule has 2 unspecified atom stereocenters. The van der Waals surface area contributed by atoms with E-state index in [9.17, 15) is 9.90 Å². The number of carbonyl (C=O) groups excluding carboxylic acids is 1. The number of nitrogens with zero attached hydrogens (tertiary/aromatic N) is 4. The molecule has 3 aliphatic heterocycles. The van der Waals surface area contributed by atoms with Crippen molar-refractivity contribution in [2.24, 2.45) is 0 Å². The minimum absolute atomic E-state index is 0.00886. The fraction of sp³-hybridized carbons (Fsp3) is 0.821. The predicted octanol–water partition coefficient (Wildman–Crippen LogP) is 2.66. The Bertz CT molecular complexity index is 857. The molecule has 9 heteroatoms. The Morgan fingerprint density at radius 3 is 2.57 bits per heavy atom. The van der Waals surface area contributed by atoms with E-state index in [1.165, 1.54) is 64.2 Å². The largest absolute Gasteiger partial charge is 0.392 e. The number of amides is 1. The van der Waals surface area contributed by atoms with Crippen LogP contribution in [0.15, 0.2) is 12.3 Å². The Balaban J connectivity index is 1.25. The zero-order valence-electron chi connectivity index (χ0n) is 22.4. The number of carbonyl (C=O) groups is 1. The lowest BCUT2D eigenvalue weighted by atomic mass is 9.87. The summed E-state index contributed by atoms with van der Waals surface area (Å²) in [6, 6.07) is 3.00. The molecular formula is C28H47N7O2. The van der Waals surface area contributed by atoms with Crippen molar-refractivity contribution in [3.05, 3.63) is 12.3 Å². The molecule has 0 bridgehead atoms. The quantitative estimate of drug-likeness (QED) is 0.421. The molecule has 3 saturated heterocycles. The second kappa shape index (κ2) is 13.2. The van der Waals surface area contributed by atoms with Crippen LogP contribution in [0.4, 0.5) is 11.8 Å². The summed E-state index contributed by atoms with van der Waals surface area (Å²) in [5.41, 5.74) is 0. The molecule has 206 valence electrons. The van der Waals surface area contributed by atoms with Crippen LogP contribution in [0.2, 0.25) is 0 Å². The highest BCUT2D eigenvalue weighted by Gasteiger charge is 2.36. The van der Waals surface area contributed by atoms with Gasteiger partial charge in [0.25, 0.3) is 0 Å². The lowest BCUT2D eigenvalue weighted by molar-refractivity contribution is -0.123. The van der Waals surface area contributed by atoms with Gasteiger partial charge >= 0.3 is 0 Å². The van der Waals surface area contributed by atoms with Crippen molar-refractivity contribution < 1.29 is 9.90 Å². The zero-order valence-corrected chi connectivity index (χ0v) is 22.4. The number of rotatable bonds is 8. The Morgan fingerprint density at radius 1 is 1.03 bits per heavy atom. The van der Waals surface area contributed by atoms with Crippen LogP contribution in [0.1, 0.15) is 83.5 Å². The smallest absolute Gasteiger partial charge is 0.237 e. The molecule has 1 aliphatic carbocycles. The van der Waals surface area contributed by atoms with Crippen molar-refractivity contribution in [3.63, 3.8) is 0 Å². The van der Waals surface area contributed by atoms with E-state index < -0.39 is 6.10 Å². The number of anilines is 2. The average Bonchev–Trinajstić information content (AvgIpc) is 3.18. The van der Waals surface area contributed by atoms with E-state index >= 15 is 0 Å². The SMILES string of the molecule is O=C(NCCC1C(Nc2nccc(N3CCCCCC3)n2)CCCN1C1CCCCC1)[C@H]1C[C@@H](O)CN1. The van der Waals surface area contributed by atoms with Crippen molar-refractivity contribution in [1.82, 2.24) is 25.5 Å². The first-order chi connectivity index (χ1) is 18.2. The number of aromatic nitrogens is 2. The van der Waals surface area contributed by atoms with Crippen LogP contribution in [-0.2, 0) is 4.79 Å². The lowest BCUT2D eigenvalue weighted by Crippen LogP contribution is -2.56. The van der Waals surface area contributed by atoms with E-state index in [0.29, 0.717) is 31.6 Å². The zero-order chi connectivity index (χ0) is 25.5. The fourth-order valence-electron chi connectivity index (χ4n) is 6.93. The molecule has 1 aromatic heterocycles. The molecule has 37 heavy (non-hydrogen) atoms. The van der Waals surface area contributed by atoms with Crippen molar-refractivity contribution in [2.45, 2.75) is 114 Å². The normalized spacial score (nSPS) is 30.1. The molecule has 1 aromatic rings. The predicted molar refractivity (Wildman–Crippen MR) is 147 cm³/mol. The van der Waals surface area contributed by atoms with E-state index in [-0.39, 0.29) is 18.0 Å². The number of aliphatic hydroxyl groups excluding tert-OH is 1. The van der Waals surface area contributed by atoms with Gasteiger partial charge in [-0.2, -0.15) is 4.98 Å². The molecule has 4 atom stereocenters. The van der Waals surface area contributed by atoms with Gasteiger partial charge in [-0.05, 0) is 64.0 Å². The summed E-state index contributed by atoms with van der Waals surface area (Å²) < 4.78 is 0. The molecule has 4 N–H and O–H groups in total. The number of β-amino-alcohol motifs (C(OH)–C–C–N with tert-alkyl or cyclic N) is 1. The number of piperidine rings is 1. The van der Waals surface area contributed by atoms with Crippen molar-refractivity contribution in [2.75, 3.05) is 42.9 Å². The molecule has 0 aromatic carbocycles. The third-order valence-electron chi connectivity index (χ3n) is 8.91. The van der Waals surface area contributed by atoms with E-state index in [4.69, 9.17) is 4.98 Å². The molecule has 1 saturated carbocycles. The highest BCUT2D eigenvalue weighted by atomic mass is 16.3. The molecule has 5 rings (SSSR count). The number of aliphatic hydroxyl groups is 1. The van der Waals surface area contributed by atoms with Gasteiger partial charge in [0.15, 0.2) is 0 Å². The van der Waals surface area contributed by atoms with Crippen LogP contribution in [-0.4, -0.2) is 88.9 Å². The van der Waals surface area contributed by atoms with Crippen LogP contribution < -0.4 is 20.9 Å². The summed E-state index contributed by atoms with van der Waals surface area (Å²) in [6.45, 7) is 4.42. The third-order valence-corrected chi connectivity index (χ3v) is 8.91. The minimum atomic E-state index is -0.422. The van der Waals surface area contributed by atoms with E-state index in [0.717, 1.165) is 44.2 Å².